The number of para-hydroxylation sites is 1. The van der Waals surface area contributed by atoms with Crippen LogP contribution in [-0.4, -0.2) is 73.4 Å². The third-order valence-corrected chi connectivity index (χ3v) is 6.11. The van der Waals surface area contributed by atoms with E-state index < -0.39 is 0 Å². The van der Waals surface area contributed by atoms with Crippen LogP contribution in [0.1, 0.15) is 56.4 Å². The summed E-state index contributed by atoms with van der Waals surface area (Å²) in [6.07, 6.45) is 1.95. The number of nitrogens with one attached hydrogen (secondary N) is 1. The van der Waals surface area contributed by atoms with E-state index in [-0.39, 0.29) is 30.3 Å². The second-order valence-corrected chi connectivity index (χ2v) is 9.38. The number of hydrogen-bond acceptors (Lipinski definition) is 4. The first kappa shape index (κ1) is 28.4. The van der Waals surface area contributed by atoms with Gasteiger partial charge in [0.05, 0.1) is 19.8 Å². The van der Waals surface area contributed by atoms with Gasteiger partial charge in [0.25, 0.3) is 0 Å². The van der Waals surface area contributed by atoms with Crippen LogP contribution in [0, 0.1) is 0 Å². The molecule has 8 heteroatoms. The number of anilines is 1. The maximum Gasteiger partial charge on any atom is 0.322 e. The minimum Gasteiger partial charge on any atom is -0.383 e. The Bertz CT molecular complexity index is 928. The van der Waals surface area contributed by atoms with Gasteiger partial charge < -0.3 is 29.2 Å². The Labute approximate surface area is 210 Å². The maximum absolute atomic E-state index is 13.5. The number of ether oxygens (including phenoxy) is 2. The number of urea groups is 1. The Morgan fingerprint density at radius 2 is 1.49 bits per heavy atom. The standard InChI is InChI=1S/C27H42N4O4/c1-20(2)23-11-8-12-24(21(3)4)26(23)28-27(33)31(15-17-35-7)19-25(32)30(14-16-34-6)18-22-10-9-13-29(22)5/h8-13,20-21H,14-19H2,1-7H3,(H,28,33). The quantitative estimate of drug-likeness (QED) is 0.455. The molecule has 0 aliphatic carbocycles. The zero-order chi connectivity index (χ0) is 26.0. The number of hydrogen-bond donors (Lipinski definition) is 1. The lowest BCUT2D eigenvalue weighted by Gasteiger charge is -2.29. The van der Waals surface area contributed by atoms with E-state index in [2.05, 4.69) is 33.0 Å². The van der Waals surface area contributed by atoms with Gasteiger partial charge in [0, 0.05) is 51.9 Å². The van der Waals surface area contributed by atoms with Crippen LogP contribution in [0.2, 0.25) is 0 Å². The third kappa shape index (κ3) is 8.11. The highest BCUT2D eigenvalue weighted by molar-refractivity contribution is 5.94. The summed E-state index contributed by atoms with van der Waals surface area (Å²) < 4.78 is 12.4. The Hall–Kier alpha value is -2.84. The molecule has 1 aromatic heterocycles. The number of benzene rings is 1. The van der Waals surface area contributed by atoms with Crippen LogP contribution in [0.25, 0.3) is 0 Å². The highest BCUT2D eigenvalue weighted by Crippen LogP contribution is 2.32. The molecule has 0 aliphatic rings. The molecule has 35 heavy (non-hydrogen) atoms. The first-order valence-corrected chi connectivity index (χ1v) is 12.2. The van der Waals surface area contributed by atoms with Crippen molar-refractivity contribution in [3.8, 4) is 0 Å². The van der Waals surface area contributed by atoms with Gasteiger partial charge >= 0.3 is 6.03 Å². The Morgan fingerprint density at radius 3 is 1.97 bits per heavy atom. The van der Waals surface area contributed by atoms with E-state index in [4.69, 9.17) is 9.47 Å². The number of aromatic nitrogens is 1. The summed E-state index contributed by atoms with van der Waals surface area (Å²) in [5.41, 5.74) is 3.99. The minimum absolute atomic E-state index is 0.0514. The molecule has 2 rings (SSSR count). The summed E-state index contributed by atoms with van der Waals surface area (Å²) in [6.45, 7) is 10.3. The summed E-state index contributed by atoms with van der Waals surface area (Å²) in [6, 6.07) is 9.75. The molecule has 1 aromatic carbocycles. The summed E-state index contributed by atoms with van der Waals surface area (Å²) in [7, 11) is 5.15. The molecule has 0 spiro atoms. The minimum atomic E-state index is -0.309. The zero-order valence-electron chi connectivity index (χ0n) is 22.3. The molecule has 0 aliphatic heterocycles. The van der Waals surface area contributed by atoms with Crippen molar-refractivity contribution in [3.05, 3.63) is 53.3 Å². The van der Waals surface area contributed by atoms with E-state index in [1.807, 2.05) is 48.1 Å². The topological polar surface area (TPSA) is 76.0 Å². The van der Waals surface area contributed by atoms with Crippen LogP contribution in [0.5, 0.6) is 0 Å². The predicted molar refractivity (Wildman–Crippen MR) is 140 cm³/mol. The molecule has 8 nitrogen and oxygen atoms in total. The van der Waals surface area contributed by atoms with Gasteiger partial charge in [-0.05, 0) is 35.1 Å². The van der Waals surface area contributed by atoms with Crippen molar-refractivity contribution in [3.63, 3.8) is 0 Å². The number of carbonyl (C=O) groups is 2. The van der Waals surface area contributed by atoms with Crippen LogP contribution in [0.4, 0.5) is 10.5 Å². The average molecular weight is 487 g/mol. The first-order chi connectivity index (χ1) is 16.7. The van der Waals surface area contributed by atoms with Crippen LogP contribution >= 0.6 is 0 Å². The Morgan fingerprint density at radius 1 is 0.914 bits per heavy atom. The molecule has 0 saturated heterocycles. The fourth-order valence-corrected chi connectivity index (χ4v) is 3.95. The molecule has 0 bridgehead atoms. The van der Waals surface area contributed by atoms with Gasteiger partial charge in [-0.1, -0.05) is 45.9 Å². The summed E-state index contributed by atoms with van der Waals surface area (Å²) in [5, 5.41) is 3.12. The van der Waals surface area contributed by atoms with E-state index in [9.17, 15) is 9.59 Å². The molecule has 0 fully saturated rings. The van der Waals surface area contributed by atoms with E-state index in [0.29, 0.717) is 32.8 Å². The Kier molecular flexibility index (Phi) is 11.3. The van der Waals surface area contributed by atoms with Gasteiger partial charge in [-0.25, -0.2) is 4.79 Å². The lowest BCUT2D eigenvalue weighted by molar-refractivity contribution is -0.133. The normalized spacial score (nSPS) is 11.2. The number of rotatable bonds is 13. The molecule has 2 aromatic rings. The van der Waals surface area contributed by atoms with E-state index >= 15 is 0 Å². The fourth-order valence-electron chi connectivity index (χ4n) is 3.95. The summed E-state index contributed by atoms with van der Waals surface area (Å²) in [4.78, 5) is 30.1. The molecule has 0 atom stereocenters. The summed E-state index contributed by atoms with van der Waals surface area (Å²) >= 11 is 0. The predicted octanol–water partition coefficient (Wildman–Crippen LogP) is 4.43. The van der Waals surface area contributed by atoms with Crippen LogP contribution in [-0.2, 0) is 27.9 Å². The molecular weight excluding hydrogens is 444 g/mol. The molecular formula is C27H42N4O4. The lowest BCUT2D eigenvalue weighted by atomic mass is 9.93. The number of methoxy groups -OCH3 is 2. The third-order valence-electron chi connectivity index (χ3n) is 6.11. The van der Waals surface area contributed by atoms with Gasteiger partial charge in [-0.3, -0.25) is 4.79 Å². The molecule has 0 radical (unpaired) electrons. The number of amides is 3. The lowest BCUT2D eigenvalue weighted by Crippen LogP contribution is -2.46. The zero-order valence-corrected chi connectivity index (χ0v) is 22.3. The smallest absolute Gasteiger partial charge is 0.322 e. The van der Waals surface area contributed by atoms with Crippen molar-refractivity contribution in [1.82, 2.24) is 14.4 Å². The number of nitrogens with zero attached hydrogens (tertiary/aromatic N) is 3. The monoisotopic (exact) mass is 486 g/mol. The van der Waals surface area contributed by atoms with E-state index in [1.165, 1.54) is 4.90 Å². The van der Waals surface area contributed by atoms with Gasteiger partial charge in [0.15, 0.2) is 0 Å². The van der Waals surface area contributed by atoms with E-state index in [1.54, 1.807) is 19.1 Å². The van der Waals surface area contributed by atoms with Crippen molar-refractivity contribution in [1.29, 1.82) is 0 Å². The van der Waals surface area contributed by atoms with Crippen molar-refractivity contribution < 1.29 is 19.1 Å². The molecule has 1 heterocycles. The Balaban J connectivity index is 2.26. The van der Waals surface area contributed by atoms with Crippen molar-refractivity contribution in [2.24, 2.45) is 7.05 Å². The second-order valence-electron chi connectivity index (χ2n) is 9.38. The van der Waals surface area contributed by atoms with E-state index in [0.717, 1.165) is 22.5 Å². The first-order valence-electron chi connectivity index (χ1n) is 12.2. The molecule has 0 saturated carbocycles. The van der Waals surface area contributed by atoms with Crippen LogP contribution in [0.3, 0.4) is 0 Å². The van der Waals surface area contributed by atoms with Gasteiger partial charge in [-0.2, -0.15) is 0 Å². The van der Waals surface area contributed by atoms with Crippen LogP contribution < -0.4 is 5.32 Å². The number of carbonyl (C=O) groups excluding carboxylic acids is 2. The summed E-state index contributed by atoms with van der Waals surface area (Å²) in [5.74, 6) is 0.344. The van der Waals surface area contributed by atoms with Crippen LogP contribution in [0.15, 0.2) is 36.5 Å². The molecule has 1 N–H and O–H groups in total. The molecule has 194 valence electrons. The fraction of sp³-hybridized carbons (Fsp3) is 0.556. The van der Waals surface area contributed by atoms with Gasteiger partial charge in [-0.15, -0.1) is 0 Å². The van der Waals surface area contributed by atoms with Crippen molar-refractivity contribution in [2.75, 3.05) is 52.4 Å². The SMILES string of the molecule is COCCN(Cc1cccn1C)C(=O)CN(CCOC)C(=O)Nc1c(C(C)C)cccc1C(C)C. The highest BCUT2D eigenvalue weighted by Gasteiger charge is 2.24. The average Bonchev–Trinajstić information content (AvgIpc) is 3.22. The number of aryl methyl sites for hydroxylation is 1. The largest absolute Gasteiger partial charge is 0.383 e. The van der Waals surface area contributed by atoms with Gasteiger partial charge in [0.2, 0.25) is 5.91 Å². The second kappa shape index (κ2) is 13.9. The maximum atomic E-state index is 13.5. The van der Waals surface area contributed by atoms with Crippen molar-refractivity contribution in [2.45, 2.75) is 46.1 Å². The molecule has 0 unspecified atom stereocenters. The van der Waals surface area contributed by atoms with Gasteiger partial charge in [0.1, 0.15) is 6.54 Å². The van der Waals surface area contributed by atoms with Crippen molar-refractivity contribution >= 4 is 17.6 Å². The highest BCUT2D eigenvalue weighted by atomic mass is 16.5. The molecule has 3 amide bonds.